The summed E-state index contributed by atoms with van der Waals surface area (Å²) in [6.07, 6.45) is -0.737. The van der Waals surface area contributed by atoms with Crippen molar-refractivity contribution >= 4 is 12.4 Å². The summed E-state index contributed by atoms with van der Waals surface area (Å²) in [5.41, 5.74) is 6.18. The van der Waals surface area contributed by atoms with Gasteiger partial charge in [0.1, 0.15) is 5.75 Å². The summed E-state index contributed by atoms with van der Waals surface area (Å²) in [6.45, 7) is 0. The Morgan fingerprint density at radius 2 is 1.73 bits per heavy atom. The Balaban J connectivity index is 0.00000242. The van der Waals surface area contributed by atoms with Crippen LogP contribution in [-0.2, 0) is 0 Å². The Bertz CT molecular complexity index is 464. The van der Waals surface area contributed by atoms with Gasteiger partial charge in [0.05, 0.1) is 12.1 Å². The number of ether oxygens (including phenoxy) is 1. The van der Waals surface area contributed by atoms with Crippen LogP contribution >= 0.6 is 12.4 Å². The average Bonchev–Trinajstić information content (AvgIpc) is 2.45. The zero-order valence-corrected chi connectivity index (χ0v) is 12.9. The SMILES string of the molecule is Cl.N[C@H](c1ccccc1OC(F)(F)F)[C@@H](O)C1CCCCC1. The molecule has 1 aromatic rings. The minimum absolute atomic E-state index is 0. The van der Waals surface area contributed by atoms with Crippen LogP contribution in [-0.4, -0.2) is 17.6 Å². The molecule has 1 aliphatic carbocycles. The van der Waals surface area contributed by atoms with E-state index >= 15 is 0 Å². The molecule has 0 spiro atoms. The van der Waals surface area contributed by atoms with Gasteiger partial charge in [-0.25, -0.2) is 0 Å². The molecule has 0 aromatic heterocycles. The zero-order valence-electron chi connectivity index (χ0n) is 12.1. The molecule has 0 heterocycles. The van der Waals surface area contributed by atoms with Crippen molar-refractivity contribution in [3.63, 3.8) is 0 Å². The Hall–Kier alpha value is -0.980. The minimum Gasteiger partial charge on any atom is -0.405 e. The van der Waals surface area contributed by atoms with E-state index in [-0.39, 0.29) is 29.6 Å². The van der Waals surface area contributed by atoms with Crippen molar-refractivity contribution in [3.05, 3.63) is 29.8 Å². The van der Waals surface area contributed by atoms with Crippen LogP contribution in [0.3, 0.4) is 0 Å². The summed E-state index contributed by atoms with van der Waals surface area (Å²) in [5.74, 6) is -0.306. The molecule has 1 fully saturated rings. The van der Waals surface area contributed by atoms with E-state index in [1.165, 1.54) is 18.2 Å². The number of benzene rings is 1. The highest BCUT2D eigenvalue weighted by atomic mass is 35.5. The fourth-order valence-electron chi connectivity index (χ4n) is 2.93. The van der Waals surface area contributed by atoms with E-state index in [1.54, 1.807) is 6.07 Å². The van der Waals surface area contributed by atoms with E-state index in [2.05, 4.69) is 4.74 Å². The van der Waals surface area contributed by atoms with E-state index in [0.717, 1.165) is 32.1 Å². The molecule has 7 heteroatoms. The first-order valence-corrected chi connectivity index (χ1v) is 7.17. The summed E-state index contributed by atoms with van der Waals surface area (Å²) in [5, 5.41) is 10.4. The van der Waals surface area contributed by atoms with Crippen LogP contribution in [0.2, 0.25) is 0 Å². The topological polar surface area (TPSA) is 55.5 Å². The van der Waals surface area contributed by atoms with Crippen molar-refractivity contribution in [1.82, 2.24) is 0 Å². The molecular weight excluding hydrogens is 319 g/mol. The predicted octanol–water partition coefficient (Wildman–Crippen LogP) is 3.95. The fraction of sp³-hybridized carbons (Fsp3) is 0.600. The number of para-hydroxylation sites is 1. The second-order valence-corrected chi connectivity index (χ2v) is 5.50. The summed E-state index contributed by atoms with van der Waals surface area (Å²) < 4.78 is 41.2. The number of hydrogen-bond donors (Lipinski definition) is 2. The van der Waals surface area contributed by atoms with Crippen LogP contribution in [0.15, 0.2) is 24.3 Å². The van der Waals surface area contributed by atoms with Crippen LogP contribution in [0.1, 0.15) is 43.7 Å². The van der Waals surface area contributed by atoms with Gasteiger partial charge in [0, 0.05) is 5.56 Å². The molecule has 0 unspecified atom stereocenters. The number of nitrogens with two attached hydrogens (primary N) is 1. The summed E-state index contributed by atoms with van der Waals surface area (Å²) in [7, 11) is 0. The normalized spacial score (nSPS) is 19.1. The molecular formula is C15H21ClF3NO2. The first kappa shape index (κ1) is 19.1. The van der Waals surface area contributed by atoms with E-state index in [4.69, 9.17) is 5.73 Å². The van der Waals surface area contributed by atoms with Crippen LogP contribution in [0, 0.1) is 5.92 Å². The van der Waals surface area contributed by atoms with Gasteiger partial charge in [-0.2, -0.15) is 0 Å². The van der Waals surface area contributed by atoms with E-state index < -0.39 is 18.5 Å². The van der Waals surface area contributed by atoms with E-state index in [1.807, 2.05) is 0 Å². The highest BCUT2D eigenvalue weighted by molar-refractivity contribution is 5.85. The first-order chi connectivity index (χ1) is 9.88. The zero-order chi connectivity index (χ0) is 15.5. The molecule has 0 bridgehead atoms. The molecule has 1 saturated carbocycles. The summed E-state index contributed by atoms with van der Waals surface area (Å²) in [4.78, 5) is 0. The van der Waals surface area contributed by atoms with Crippen molar-refractivity contribution in [1.29, 1.82) is 0 Å². The number of rotatable bonds is 4. The van der Waals surface area contributed by atoms with Crippen LogP contribution in [0.4, 0.5) is 13.2 Å². The lowest BCUT2D eigenvalue weighted by Gasteiger charge is -2.31. The van der Waals surface area contributed by atoms with Crippen molar-refractivity contribution in [2.75, 3.05) is 0 Å². The van der Waals surface area contributed by atoms with Gasteiger partial charge in [-0.05, 0) is 24.8 Å². The fourth-order valence-corrected chi connectivity index (χ4v) is 2.93. The smallest absolute Gasteiger partial charge is 0.405 e. The highest BCUT2D eigenvalue weighted by Crippen LogP contribution is 2.35. The molecule has 2 atom stereocenters. The van der Waals surface area contributed by atoms with E-state index in [9.17, 15) is 18.3 Å². The Kier molecular flexibility index (Phi) is 6.97. The van der Waals surface area contributed by atoms with Gasteiger partial charge >= 0.3 is 6.36 Å². The highest BCUT2D eigenvalue weighted by Gasteiger charge is 2.34. The van der Waals surface area contributed by atoms with Crippen LogP contribution < -0.4 is 10.5 Å². The third-order valence-corrected chi connectivity index (χ3v) is 4.00. The number of aliphatic hydroxyl groups is 1. The third-order valence-electron chi connectivity index (χ3n) is 4.00. The van der Waals surface area contributed by atoms with Crippen molar-refractivity contribution in [3.8, 4) is 5.75 Å². The minimum atomic E-state index is -4.77. The number of hydrogen-bond acceptors (Lipinski definition) is 3. The van der Waals surface area contributed by atoms with Gasteiger partial charge in [-0.15, -0.1) is 25.6 Å². The van der Waals surface area contributed by atoms with Crippen LogP contribution in [0.25, 0.3) is 0 Å². The van der Waals surface area contributed by atoms with Gasteiger partial charge in [-0.1, -0.05) is 37.5 Å². The van der Waals surface area contributed by atoms with Crippen molar-refractivity contribution in [2.45, 2.75) is 50.6 Å². The molecule has 3 nitrogen and oxygen atoms in total. The molecule has 2 rings (SSSR count). The molecule has 126 valence electrons. The summed E-state index contributed by atoms with van der Waals surface area (Å²) >= 11 is 0. The number of aliphatic hydroxyl groups excluding tert-OH is 1. The lowest BCUT2D eigenvalue weighted by Crippen LogP contribution is -2.34. The molecule has 0 radical (unpaired) electrons. The second-order valence-electron chi connectivity index (χ2n) is 5.50. The molecule has 0 amide bonds. The van der Waals surface area contributed by atoms with Gasteiger partial charge < -0.3 is 15.6 Å². The maximum Gasteiger partial charge on any atom is 0.573 e. The Morgan fingerprint density at radius 3 is 2.32 bits per heavy atom. The van der Waals surface area contributed by atoms with Crippen LogP contribution in [0.5, 0.6) is 5.75 Å². The van der Waals surface area contributed by atoms with Gasteiger partial charge in [-0.3, -0.25) is 0 Å². The van der Waals surface area contributed by atoms with Gasteiger partial charge in [0.2, 0.25) is 0 Å². The summed E-state index contributed by atoms with van der Waals surface area (Å²) in [6, 6.07) is 4.84. The average molecular weight is 340 g/mol. The van der Waals surface area contributed by atoms with Gasteiger partial charge in [0.15, 0.2) is 0 Å². The quantitative estimate of drug-likeness (QED) is 0.873. The molecule has 0 aliphatic heterocycles. The predicted molar refractivity (Wildman–Crippen MR) is 79.9 cm³/mol. The maximum absolute atomic E-state index is 12.4. The molecule has 22 heavy (non-hydrogen) atoms. The van der Waals surface area contributed by atoms with Gasteiger partial charge in [0.25, 0.3) is 0 Å². The standard InChI is InChI=1S/C15H20F3NO2.ClH/c16-15(17,18)21-12-9-5-4-8-11(12)13(19)14(20)10-6-2-1-3-7-10;/h4-5,8-10,13-14,20H,1-3,6-7,19H2;1H/t13-,14+;/m1./s1. The maximum atomic E-state index is 12.4. The molecule has 3 N–H and O–H groups in total. The molecule has 1 aliphatic rings. The monoisotopic (exact) mass is 339 g/mol. The largest absolute Gasteiger partial charge is 0.573 e. The van der Waals surface area contributed by atoms with Crippen molar-refractivity contribution in [2.24, 2.45) is 11.7 Å². The van der Waals surface area contributed by atoms with E-state index in [0.29, 0.717) is 0 Å². The third kappa shape index (κ3) is 5.04. The lowest BCUT2D eigenvalue weighted by molar-refractivity contribution is -0.275. The second kappa shape index (κ2) is 8.04. The molecule has 0 saturated heterocycles. The number of halogens is 4. The lowest BCUT2D eigenvalue weighted by atomic mass is 9.81. The number of alkyl halides is 3. The molecule has 1 aromatic carbocycles. The van der Waals surface area contributed by atoms with Crippen molar-refractivity contribution < 1.29 is 23.0 Å². The Labute approximate surface area is 134 Å². The Morgan fingerprint density at radius 1 is 1.14 bits per heavy atom. The first-order valence-electron chi connectivity index (χ1n) is 7.17.